The fourth-order valence-corrected chi connectivity index (χ4v) is 3.08. The Morgan fingerprint density at radius 3 is 2.15 bits per heavy atom. The van der Waals surface area contributed by atoms with Crippen LogP contribution in [0, 0.1) is 0 Å². The van der Waals surface area contributed by atoms with Crippen LogP contribution in [-0.2, 0) is 0 Å². The van der Waals surface area contributed by atoms with Gasteiger partial charge < -0.3 is 24.4 Å². The SMILES string of the molecule is COc1cc(Nc2nncc(N3CCCCCC3)n2)cc(OC)c1OC. The molecule has 0 radical (unpaired) electrons. The van der Waals surface area contributed by atoms with Crippen LogP contribution in [0.15, 0.2) is 18.3 Å². The number of benzene rings is 1. The second kappa shape index (κ2) is 8.55. The van der Waals surface area contributed by atoms with Crippen LogP contribution in [0.2, 0.25) is 0 Å². The molecule has 0 atom stereocenters. The summed E-state index contributed by atoms with van der Waals surface area (Å²) in [4.78, 5) is 6.88. The van der Waals surface area contributed by atoms with E-state index in [0.29, 0.717) is 23.2 Å². The maximum atomic E-state index is 5.38. The summed E-state index contributed by atoms with van der Waals surface area (Å²) in [5.41, 5.74) is 0.731. The number of hydrogen-bond acceptors (Lipinski definition) is 8. The number of methoxy groups -OCH3 is 3. The minimum absolute atomic E-state index is 0.431. The van der Waals surface area contributed by atoms with Gasteiger partial charge in [0, 0.05) is 30.9 Å². The van der Waals surface area contributed by atoms with Crippen LogP contribution in [0.5, 0.6) is 17.2 Å². The summed E-state index contributed by atoms with van der Waals surface area (Å²) < 4.78 is 16.1. The Labute approximate surface area is 153 Å². The van der Waals surface area contributed by atoms with Gasteiger partial charge in [0.25, 0.3) is 0 Å². The topological polar surface area (TPSA) is 81.6 Å². The molecule has 0 bridgehead atoms. The van der Waals surface area contributed by atoms with Gasteiger partial charge in [-0.25, -0.2) is 0 Å². The Hall–Kier alpha value is -2.77. The highest BCUT2D eigenvalue weighted by Gasteiger charge is 2.15. The maximum absolute atomic E-state index is 5.38. The first kappa shape index (κ1) is 18.0. The highest BCUT2D eigenvalue weighted by molar-refractivity contribution is 5.65. The van der Waals surface area contributed by atoms with Gasteiger partial charge in [-0.15, -0.1) is 5.10 Å². The van der Waals surface area contributed by atoms with Gasteiger partial charge in [-0.3, -0.25) is 0 Å². The summed E-state index contributed by atoms with van der Waals surface area (Å²) in [6, 6.07) is 3.62. The lowest BCUT2D eigenvalue weighted by Crippen LogP contribution is -2.25. The summed E-state index contributed by atoms with van der Waals surface area (Å²) in [5, 5.41) is 11.4. The quantitative estimate of drug-likeness (QED) is 0.843. The van der Waals surface area contributed by atoms with Crippen molar-refractivity contribution in [2.45, 2.75) is 25.7 Å². The van der Waals surface area contributed by atoms with Gasteiger partial charge in [-0.1, -0.05) is 12.8 Å². The van der Waals surface area contributed by atoms with E-state index in [-0.39, 0.29) is 0 Å². The van der Waals surface area contributed by atoms with Crippen LogP contribution in [0.3, 0.4) is 0 Å². The van der Waals surface area contributed by atoms with E-state index >= 15 is 0 Å². The molecular formula is C18H25N5O3. The molecule has 1 aromatic carbocycles. The van der Waals surface area contributed by atoms with E-state index in [0.717, 1.165) is 24.6 Å². The predicted octanol–water partition coefficient (Wildman–Crippen LogP) is 3.02. The Morgan fingerprint density at radius 1 is 0.923 bits per heavy atom. The molecule has 1 fully saturated rings. The summed E-state index contributed by atoms with van der Waals surface area (Å²) in [6.07, 6.45) is 6.61. The van der Waals surface area contributed by atoms with E-state index in [1.165, 1.54) is 25.7 Å². The molecule has 1 saturated heterocycles. The number of nitrogens with one attached hydrogen (secondary N) is 1. The van der Waals surface area contributed by atoms with Crippen molar-refractivity contribution in [3.05, 3.63) is 18.3 Å². The Bertz CT molecular complexity index is 708. The monoisotopic (exact) mass is 359 g/mol. The average Bonchev–Trinajstić information content (AvgIpc) is 2.97. The molecule has 0 saturated carbocycles. The van der Waals surface area contributed by atoms with Gasteiger partial charge in [0.2, 0.25) is 11.7 Å². The second-order valence-electron chi connectivity index (χ2n) is 6.08. The minimum Gasteiger partial charge on any atom is -0.493 e. The molecule has 26 heavy (non-hydrogen) atoms. The van der Waals surface area contributed by atoms with Gasteiger partial charge in [-0.05, 0) is 12.8 Å². The van der Waals surface area contributed by atoms with Gasteiger partial charge in [0.1, 0.15) is 0 Å². The molecule has 1 N–H and O–H groups in total. The zero-order chi connectivity index (χ0) is 18.4. The van der Waals surface area contributed by atoms with E-state index in [4.69, 9.17) is 14.2 Å². The maximum Gasteiger partial charge on any atom is 0.249 e. The first-order valence-electron chi connectivity index (χ1n) is 8.77. The molecule has 2 aromatic rings. The molecule has 3 rings (SSSR count). The van der Waals surface area contributed by atoms with Gasteiger partial charge in [0.15, 0.2) is 17.3 Å². The average molecular weight is 359 g/mol. The van der Waals surface area contributed by atoms with Crippen LogP contribution < -0.4 is 24.4 Å². The van der Waals surface area contributed by atoms with Crippen LogP contribution in [0.25, 0.3) is 0 Å². The zero-order valence-electron chi connectivity index (χ0n) is 15.5. The van der Waals surface area contributed by atoms with Crippen LogP contribution in [-0.4, -0.2) is 49.6 Å². The van der Waals surface area contributed by atoms with Gasteiger partial charge in [-0.2, -0.15) is 10.1 Å². The number of aromatic nitrogens is 3. The molecule has 0 unspecified atom stereocenters. The number of hydrogen-bond donors (Lipinski definition) is 1. The molecule has 1 aliphatic rings. The third kappa shape index (κ3) is 4.07. The lowest BCUT2D eigenvalue weighted by atomic mass is 10.2. The second-order valence-corrected chi connectivity index (χ2v) is 6.08. The molecule has 0 spiro atoms. The van der Waals surface area contributed by atoms with Gasteiger partial charge >= 0.3 is 0 Å². The van der Waals surface area contributed by atoms with E-state index < -0.39 is 0 Å². The molecule has 140 valence electrons. The number of anilines is 3. The lowest BCUT2D eigenvalue weighted by molar-refractivity contribution is 0.324. The molecule has 2 heterocycles. The Kier molecular flexibility index (Phi) is 5.93. The Balaban J connectivity index is 1.83. The molecule has 0 aliphatic carbocycles. The van der Waals surface area contributed by atoms with E-state index in [1.54, 1.807) is 27.5 Å². The highest BCUT2D eigenvalue weighted by Crippen LogP contribution is 2.40. The number of rotatable bonds is 6. The minimum atomic E-state index is 0.431. The largest absolute Gasteiger partial charge is 0.493 e. The van der Waals surface area contributed by atoms with Crippen LogP contribution >= 0.6 is 0 Å². The predicted molar refractivity (Wildman–Crippen MR) is 99.9 cm³/mol. The number of nitrogens with zero attached hydrogens (tertiary/aromatic N) is 4. The third-order valence-electron chi connectivity index (χ3n) is 4.40. The molecule has 0 amide bonds. The summed E-state index contributed by atoms with van der Waals surface area (Å²) >= 11 is 0. The van der Waals surface area contributed by atoms with E-state index in [1.807, 2.05) is 12.1 Å². The van der Waals surface area contributed by atoms with E-state index in [2.05, 4.69) is 25.4 Å². The normalized spacial score (nSPS) is 14.5. The summed E-state index contributed by atoms with van der Waals surface area (Å²) in [7, 11) is 4.74. The van der Waals surface area contributed by atoms with Crippen molar-refractivity contribution in [2.24, 2.45) is 0 Å². The molecule has 8 heteroatoms. The van der Waals surface area contributed by atoms with Crippen molar-refractivity contribution in [1.29, 1.82) is 0 Å². The zero-order valence-corrected chi connectivity index (χ0v) is 15.5. The Morgan fingerprint density at radius 2 is 1.58 bits per heavy atom. The lowest BCUT2D eigenvalue weighted by Gasteiger charge is -2.21. The first-order valence-corrected chi connectivity index (χ1v) is 8.77. The first-order chi connectivity index (χ1) is 12.7. The fourth-order valence-electron chi connectivity index (χ4n) is 3.08. The van der Waals surface area contributed by atoms with Crippen LogP contribution in [0.1, 0.15) is 25.7 Å². The standard InChI is InChI=1S/C18H25N5O3/c1-24-14-10-13(11-15(25-2)17(14)26-3)20-18-21-16(12-19-22-18)23-8-6-4-5-7-9-23/h10-12H,4-9H2,1-3H3,(H,20,21,22). The summed E-state index contributed by atoms with van der Waals surface area (Å²) in [6.45, 7) is 2.00. The molecule has 1 aliphatic heterocycles. The van der Waals surface area contributed by atoms with Crippen molar-refractivity contribution in [2.75, 3.05) is 44.6 Å². The molecule has 1 aromatic heterocycles. The third-order valence-corrected chi connectivity index (χ3v) is 4.40. The van der Waals surface area contributed by atoms with Crippen molar-refractivity contribution in [3.63, 3.8) is 0 Å². The van der Waals surface area contributed by atoms with Crippen molar-refractivity contribution >= 4 is 17.5 Å². The van der Waals surface area contributed by atoms with Crippen molar-refractivity contribution < 1.29 is 14.2 Å². The summed E-state index contributed by atoms with van der Waals surface area (Å²) in [5.74, 6) is 2.94. The molecule has 8 nitrogen and oxygen atoms in total. The molecular weight excluding hydrogens is 334 g/mol. The highest BCUT2D eigenvalue weighted by atomic mass is 16.5. The van der Waals surface area contributed by atoms with Crippen LogP contribution in [0.4, 0.5) is 17.5 Å². The number of ether oxygens (including phenoxy) is 3. The fraction of sp³-hybridized carbons (Fsp3) is 0.500. The van der Waals surface area contributed by atoms with Crippen molar-refractivity contribution in [3.8, 4) is 17.2 Å². The smallest absolute Gasteiger partial charge is 0.249 e. The van der Waals surface area contributed by atoms with Crippen molar-refractivity contribution in [1.82, 2.24) is 15.2 Å². The van der Waals surface area contributed by atoms with Gasteiger partial charge in [0.05, 0.1) is 27.5 Å². The van der Waals surface area contributed by atoms with E-state index in [9.17, 15) is 0 Å².